The summed E-state index contributed by atoms with van der Waals surface area (Å²) >= 11 is 6.11. The minimum atomic E-state index is -4.26. The lowest BCUT2D eigenvalue weighted by Gasteiger charge is -2.44. The predicted molar refractivity (Wildman–Crippen MR) is 135 cm³/mol. The van der Waals surface area contributed by atoms with Crippen molar-refractivity contribution in [2.24, 2.45) is 11.8 Å². The molecule has 1 aliphatic heterocycles. The summed E-state index contributed by atoms with van der Waals surface area (Å²) in [4.78, 5) is 27.1. The van der Waals surface area contributed by atoms with Gasteiger partial charge in [-0.15, -0.1) is 0 Å². The number of carbonyl (C=O) groups excluding carboxylic acids is 1. The first-order valence-electron chi connectivity index (χ1n) is 13.0. The molecular weight excluding hydrogens is 503 g/mol. The summed E-state index contributed by atoms with van der Waals surface area (Å²) in [6, 6.07) is 12.8. The molecule has 0 radical (unpaired) electrons. The van der Waals surface area contributed by atoms with Crippen LogP contribution in [0.1, 0.15) is 60.8 Å². The van der Waals surface area contributed by atoms with Crippen LogP contribution in [-0.2, 0) is 34.3 Å². The Labute approximate surface area is 219 Å². The normalized spacial score (nSPS) is 27.5. The van der Waals surface area contributed by atoms with E-state index in [0.717, 1.165) is 23.1 Å². The van der Waals surface area contributed by atoms with Crippen LogP contribution in [0.15, 0.2) is 42.5 Å². The molecule has 2 fully saturated rings. The van der Waals surface area contributed by atoms with Gasteiger partial charge in [0.2, 0.25) is 5.91 Å². The van der Waals surface area contributed by atoms with Gasteiger partial charge in [-0.2, -0.15) is 13.2 Å². The number of amides is 1. The van der Waals surface area contributed by atoms with E-state index in [1.54, 1.807) is 12.1 Å². The number of likely N-dealkylation sites (tertiary alicyclic amines) is 1. The maximum atomic E-state index is 13.7. The third-order valence-electron chi connectivity index (χ3n) is 8.75. The zero-order chi connectivity index (χ0) is 26.4. The van der Waals surface area contributed by atoms with Crippen molar-refractivity contribution in [1.82, 2.24) is 4.90 Å². The van der Waals surface area contributed by atoms with Crippen molar-refractivity contribution >= 4 is 23.5 Å². The number of carboxylic acid groups (broad SMARTS) is 1. The molecule has 2 aliphatic carbocycles. The van der Waals surface area contributed by atoms with E-state index in [4.69, 9.17) is 11.6 Å². The summed E-state index contributed by atoms with van der Waals surface area (Å²) in [5, 5.41) is 9.97. The van der Waals surface area contributed by atoms with Crippen molar-refractivity contribution in [2.45, 2.75) is 75.4 Å². The molecular formula is C29H31ClF3NO3. The van der Waals surface area contributed by atoms with Crippen LogP contribution in [0.25, 0.3) is 0 Å². The topological polar surface area (TPSA) is 57.6 Å². The monoisotopic (exact) mass is 533 g/mol. The van der Waals surface area contributed by atoms with E-state index in [-0.39, 0.29) is 34.8 Å². The molecule has 4 nitrogen and oxygen atoms in total. The molecule has 1 heterocycles. The van der Waals surface area contributed by atoms with Gasteiger partial charge >= 0.3 is 12.1 Å². The van der Waals surface area contributed by atoms with E-state index in [9.17, 15) is 27.9 Å². The fourth-order valence-corrected chi connectivity index (χ4v) is 7.14. The van der Waals surface area contributed by atoms with Crippen molar-refractivity contribution in [3.63, 3.8) is 0 Å². The molecule has 1 N–H and O–H groups in total. The molecule has 2 aromatic rings. The molecule has 5 rings (SSSR count). The van der Waals surface area contributed by atoms with E-state index in [1.165, 1.54) is 0 Å². The number of rotatable bonds is 5. The Hall–Kier alpha value is -2.54. The van der Waals surface area contributed by atoms with Gasteiger partial charge in [0.05, 0.1) is 12.3 Å². The summed E-state index contributed by atoms with van der Waals surface area (Å²) in [7, 11) is 0. The molecule has 1 saturated carbocycles. The molecule has 8 heteroatoms. The second-order valence-electron chi connectivity index (χ2n) is 11.0. The number of hydrogen-bond donors (Lipinski definition) is 1. The molecule has 1 amide bonds. The molecule has 2 aromatic carbocycles. The number of benzene rings is 2. The quantitative estimate of drug-likeness (QED) is 0.486. The second-order valence-corrected chi connectivity index (χ2v) is 11.4. The van der Waals surface area contributed by atoms with Gasteiger partial charge in [-0.1, -0.05) is 41.9 Å². The first kappa shape index (κ1) is 26.1. The van der Waals surface area contributed by atoms with Gasteiger partial charge in [0.25, 0.3) is 0 Å². The molecule has 3 aliphatic rings. The standard InChI is InChI=1S/C29H31ClF3NO3/c30-23-9-1-18(2-10-23)16-28-13-14-34(26(35)20-4-6-21(7-5-20)27(36)37)25(28)12-8-22-15-19(3-11-24(22)28)17-29(31,32)33/h1-3,9-11,15,20-21,25H,4-8,12-14,16-17H2,(H,36,37). The minimum absolute atomic E-state index is 0.0474. The largest absolute Gasteiger partial charge is 0.481 e. The van der Waals surface area contributed by atoms with Crippen LogP contribution in [0.3, 0.4) is 0 Å². The number of nitrogens with zero attached hydrogens (tertiary/aromatic N) is 1. The van der Waals surface area contributed by atoms with Crippen molar-refractivity contribution < 1.29 is 27.9 Å². The van der Waals surface area contributed by atoms with Crippen molar-refractivity contribution in [3.8, 4) is 0 Å². The summed E-state index contributed by atoms with van der Waals surface area (Å²) < 4.78 is 39.2. The number of hydrogen-bond acceptors (Lipinski definition) is 2. The average Bonchev–Trinajstić information content (AvgIpc) is 3.23. The van der Waals surface area contributed by atoms with Crippen LogP contribution in [0.2, 0.25) is 5.02 Å². The van der Waals surface area contributed by atoms with Gasteiger partial charge in [-0.3, -0.25) is 9.59 Å². The van der Waals surface area contributed by atoms with Gasteiger partial charge in [-0.25, -0.2) is 0 Å². The number of aliphatic carboxylic acids is 1. The minimum Gasteiger partial charge on any atom is -0.481 e. The van der Waals surface area contributed by atoms with E-state index < -0.39 is 18.6 Å². The number of aryl methyl sites for hydroxylation is 1. The zero-order valence-corrected chi connectivity index (χ0v) is 21.3. The second kappa shape index (κ2) is 9.97. The van der Waals surface area contributed by atoms with Crippen molar-refractivity contribution in [1.29, 1.82) is 0 Å². The Kier molecular flexibility index (Phi) is 7.03. The lowest BCUT2D eigenvalue weighted by Crippen LogP contribution is -2.50. The Morgan fingerprint density at radius 2 is 1.62 bits per heavy atom. The smallest absolute Gasteiger partial charge is 0.393 e. The average molecular weight is 534 g/mol. The van der Waals surface area contributed by atoms with Gasteiger partial charge in [0.1, 0.15) is 0 Å². The summed E-state index contributed by atoms with van der Waals surface area (Å²) in [6.45, 7) is 0.597. The van der Waals surface area contributed by atoms with E-state index in [2.05, 4.69) is 0 Å². The molecule has 1 saturated heterocycles. The molecule has 198 valence electrons. The third kappa shape index (κ3) is 5.25. The molecule has 37 heavy (non-hydrogen) atoms. The van der Waals surface area contributed by atoms with Crippen molar-refractivity contribution in [2.75, 3.05) is 6.54 Å². The maximum absolute atomic E-state index is 13.7. The highest BCUT2D eigenvalue weighted by molar-refractivity contribution is 6.30. The number of carbonyl (C=O) groups is 2. The first-order chi connectivity index (χ1) is 17.6. The fraction of sp³-hybridized carbons (Fsp3) is 0.517. The molecule has 2 atom stereocenters. The highest BCUT2D eigenvalue weighted by Crippen LogP contribution is 2.50. The van der Waals surface area contributed by atoms with Crippen LogP contribution < -0.4 is 0 Å². The fourth-order valence-electron chi connectivity index (χ4n) is 7.01. The van der Waals surface area contributed by atoms with E-state index in [1.807, 2.05) is 35.2 Å². The lowest BCUT2D eigenvalue weighted by molar-refractivity contribution is -0.146. The molecule has 0 aromatic heterocycles. The Morgan fingerprint density at radius 3 is 2.27 bits per heavy atom. The summed E-state index contributed by atoms with van der Waals surface area (Å²) in [6.07, 6.45) is -0.259. The van der Waals surface area contributed by atoms with Gasteiger partial charge in [-0.05, 0) is 85.8 Å². The van der Waals surface area contributed by atoms with Crippen molar-refractivity contribution in [3.05, 3.63) is 69.7 Å². The number of alkyl halides is 3. The van der Waals surface area contributed by atoms with Gasteiger partial charge in [0.15, 0.2) is 0 Å². The third-order valence-corrected chi connectivity index (χ3v) is 9.00. The van der Waals surface area contributed by atoms with Crippen LogP contribution in [0, 0.1) is 11.8 Å². The highest BCUT2D eigenvalue weighted by Gasteiger charge is 2.53. The number of carboxylic acids is 1. The van der Waals surface area contributed by atoms with Gasteiger partial charge in [0, 0.05) is 28.9 Å². The van der Waals surface area contributed by atoms with Crippen LogP contribution >= 0.6 is 11.6 Å². The van der Waals surface area contributed by atoms with E-state index in [0.29, 0.717) is 56.5 Å². The summed E-state index contributed by atoms with van der Waals surface area (Å²) in [5.41, 5.74) is 2.97. The maximum Gasteiger partial charge on any atom is 0.393 e. The number of halogens is 4. The van der Waals surface area contributed by atoms with Crippen LogP contribution in [0.5, 0.6) is 0 Å². The molecule has 0 spiro atoms. The summed E-state index contributed by atoms with van der Waals surface area (Å²) in [5.74, 6) is -1.23. The first-order valence-corrected chi connectivity index (χ1v) is 13.4. The Bertz CT molecular complexity index is 1170. The van der Waals surface area contributed by atoms with Gasteiger partial charge < -0.3 is 10.0 Å². The zero-order valence-electron chi connectivity index (χ0n) is 20.6. The Morgan fingerprint density at radius 1 is 0.973 bits per heavy atom. The predicted octanol–water partition coefficient (Wildman–Crippen LogP) is 6.36. The lowest BCUT2D eigenvalue weighted by atomic mass is 9.63. The van der Waals surface area contributed by atoms with Crippen LogP contribution in [0.4, 0.5) is 13.2 Å². The molecule has 0 bridgehead atoms. The van der Waals surface area contributed by atoms with Crippen LogP contribution in [-0.4, -0.2) is 40.6 Å². The SMILES string of the molecule is O=C(O)C1CCC(C(=O)N2CCC3(Cc4ccc(Cl)cc4)c4ccc(CC(F)(F)F)cc4CCC23)CC1. The highest BCUT2D eigenvalue weighted by atomic mass is 35.5. The van der Waals surface area contributed by atoms with E-state index >= 15 is 0 Å². The number of fused-ring (bicyclic) bond motifs is 3. The Balaban J connectivity index is 1.46. The molecule has 2 unspecified atom stereocenters.